The number of anilines is 1. The normalized spacial score (nSPS) is 11.4. The quantitative estimate of drug-likeness (QED) is 0.550. The molecule has 0 bridgehead atoms. The molecule has 2 aromatic heterocycles. The molecule has 0 amide bonds. The minimum Gasteiger partial charge on any atom is -0.439 e. The SMILES string of the molecule is CNS(=O)(=O)Cc1ccc(Oc2cc(CCc3ncc(Cl)cn3)nc(N)n2)cc1. The van der Waals surface area contributed by atoms with Gasteiger partial charge in [0.05, 0.1) is 16.5 Å². The maximum Gasteiger partial charge on any atom is 0.224 e. The van der Waals surface area contributed by atoms with Crippen molar-refractivity contribution in [1.29, 1.82) is 0 Å². The van der Waals surface area contributed by atoms with Gasteiger partial charge in [0, 0.05) is 24.9 Å². The zero-order chi connectivity index (χ0) is 20.9. The summed E-state index contributed by atoms with van der Waals surface area (Å²) in [6.07, 6.45) is 4.18. The lowest BCUT2D eigenvalue weighted by Crippen LogP contribution is -2.20. The second-order valence-corrected chi connectivity index (χ2v) is 8.45. The van der Waals surface area contributed by atoms with Gasteiger partial charge in [0.2, 0.25) is 21.9 Å². The molecule has 0 aliphatic rings. The van der Waals surface area contributed by atoms with Crippen molar-refractivity contribution >= 4 is 27.6 Å². The Hall–Kier alpha value is -2.82. The first-order chi connectivity index (χ1) is 13.8. The number of aryl methyl sites for hydroxylation is 2. The monoisotopic (exact) mass is 434 g/mol. The number of nitrogen functional groups attached to an aromatic ring is 1. The molecule has 0 saturated heterocycles. The molecular weight excluding hydrogens is 416 g/mol. The number of halogens is 1. The maximum atomic E-state index is 11.6. The summed E-state index contributed by atoms with van der Waals surface area (Å²) in [7, 11) is -1.95. The lowest BCUT2D eigenvalue weighted by Gasteiger charge is -2.08. The Labute approximate surface area is 173 Å². The standard InChI is InChI=1S/C18H19ClN6O3S/c1-21-29(26,27)11-12-2-5-15(6-3-12)28-17-8-14(24-18(20)25-17)4-7-16-22-9-13(19)10-23-16/h2-3,5-6,8-10,21H,4,7,11H2,1H3,(H2,20,24,25). The van der Waals surface area contributed by atoms with E-state index in [4.69, 9.17) is 22.1 Å². The van der Waals surface area contributed by atoms with Crippen molar-refractivity contribution in [2.24, 2.45) is 0 Å². The highest BCUT2D eigenvalue weighted by atomic mass is 35.5. The van der Waals surface area contributed by atoms with Crippen molar-refractivity contribution in [3.63, 3.8) is 0 Å². The molecule has 3 N–H and O–H groups in total. The molecule has 0 aliphatic carbocycles. The predicted molar refractivity (Wildman–Crippen MR) is 109 cm³/mol. The number of rotatable bonds is 8. The van der Waals surface area contributed by atoms with E-state index in [2.05, 4.69) is 24.7 Å². The predicted octanol–water partition coefficient (Wildman–Crippen LogP) is 2.13. The third-order valence-corrected chi connectivity index (χ3v) is 5.40. The minimum absolute atomic E-state index is 0.0891. The Bertz CT molecular complexity index is 1080. The summed E-state index contributed by atoms with van der Waals surface area (Å²) in [6, 6.07) is 8.37. The second kappa shape index (κ2) is 9.12. The van der Waals surface area contributed by atoms with Crippen molar-refractivity contribution in [3.05, 3.63) is 64.8 Å². The smallest absolute Gasteiger partial charge is 0.224 e. The van der Waals surface area contributed by atoms with Crippen LogP contribution in [0.4, 0.5) is 5.95 Å². The van der Waals surface area contributed by atoms with Crippen LogP contribution in [0.5, 0.6) is 11.6 Å². The molecule has 11 heteroatoms. The zero-order valence-corrected chi connectivity index (χ0v) is 17.1. The van der Waals surface area contributed by atoms with E-state index in [9.17, 15) is 8.42 Å². The van der Waals surface area contributed by atoms with E-state index in [-0.39, 0.29) is 11.7 Å². The fourth-order valence-corrected chi connectivity index (χ4v) is 3.32. The first kappa shape index (κ1) is 20.9. The molecule has 0 fully saturated rings. The summed E-state index contributed by atoms with van der Waals surface area (Å²) in [5.41, 5.74) is 7.11. The number of aromatic nitrogens is 4. The van der Waals surface area contributed by atoms with Crippen molar-refractivity contribution in [2.75, 3.05) is 12.8 Å². The first-order valence-electron chi connectivity index (χ1n) is 8.61. The molecule has 1 aromatic carbocycles. The number of hydrogen-bond donors (Lipinski definition) is 2. The van der Waals surface area contributed by atoms with Gasteiger partial charge in [0.15, 0.2) is 0 Å². The highest BCUT2D eigenvalue weighted by Gasteiger charge is 2.10. The van der Waals surface area contributed by atoms with Gasteiger partial charge in [-0.25, -0.2) is 28.1 Å². The average molecular weight is 435 g/mol. The van der Waals surface area contributed by atoms with E-state index >= 15 is 0 Å². The van der Waals surface area contributed by atoms with Gasteiger partial charge in [-0.1, -0.05) is 23.7 Å². The van der Waals surface area contributed by atoms with Crippen LogP contribution in [0.25, 0.3) is 0 Å². The van der Waals surface area contributed by atoms with Crippen LogP contribution < -0.4 is 15.2 Å². The highest BCUT2D eigenvalue weighted by molar-refractivity contribution is 7.88. The van der Waals surface area contributed by atoms with Crippen LogP contribution in [0.3, 0.4) is 0 Å². The van der Waals surface area contributed by atoms with Crippen LogP contribution in [0.15, 0.2) is 42.7 Å². The summed E-state index contributed by atoms with van der Waals surface area (Å²) in [5, 5.41) is 0.477. The lowest BCUT2D eigenvalue weighted by molar-refractivity contribution is 0.461. The molecule has 0 saturated carbocycles. The van der Waals surface area contributed by atoms with Gasteiger partial charge in [-0.05, 0) is 31.2 Å². The van der Waals surface area contributed by atoms with E-state index < -0.39 is 10.0 Å². The Morgan fingerprint density at radius 2 is 1.79 bits per heavy atom. The molecule has 0 aliphatic heterocycles. The van der Waals surface area contributed by atoms with Crippen molar-refractivity contribution < 1.29 is 13.2 Å². The number of nitrogens with two attached hydrogens (primary N) is 1. The van der Waals surface area contributed by atoms with Gasteiger partial charge in [0.1, 0.15) is 11.6 Å². The molecule has 0 unspecified atom stereocenters. The highest BCUT2D eigenvalue weighted by Crippen LogP contribution is 2.22. The van der Waals surface area contributed by atoms with Crippen LogP contribution in [-0.4, -0.2) is 35.4 Å². The Kier molecular flexibility index (Phi) is 6.57. The van der Waals surface area contributed by atoms with Crippen molar-refractivity contribution in [3.8, 4) is 11.6 Å². The summed E-state index contributed by atoms with van der Waals surface area (Å²) in [6.45, 7) is 0. The van der Waals surface area contributed by atoms with Crippen LogP contribution in [0.1, 0.15) is 17.1 Å². The van der Waals surface area contributed by atoms with Crippen LogP contribution in [-0.2, 0) is 28.6 Å². The average Bonchev–Trinajstić information content (AvgIpc) is 2.68. The molecule has 29 heavy (non-hydrogen) atoms. The van der Waals surface area contributed by atoms with Gasteiger partial charge in [0.25, 0.3) is 0 Å². The molecule has 0 radical (unpaired) electrons. The molecule has 0 atom stereocenters. The Balaban J connectivity index is 1.67. The van der Waals surface area contributed by atoms with Crippen LogP contribution in [0, 0.1) is 0 Å². The van der Waals surface area contributed by atoms with E-state index in [1.165, 1.54) is 19.4 Å². The fourth-order valence-electron chi connectivity index (χ4n) is 2.45. The Morgan fingerprint density at radius 1 is 1.10 bits per heavy atom. The summed E-state index contributed by atoms with van der Waals surface area (Å²) >= 11 is 5.78. The number of ether oxygens (including phenoxy) is 1. The number of hydrogen-bond acceptors (Lipinski definition) is 8. The summed E-state index contributed by atoms with van der Waals surface area (Å²) < 4.78 is 31.2. The largest absolute Gasteiger partial charge is 0.439 e. The molecule has 3 aromatic rings. The molecule has 2 heterocycles. The van der Waals surface area contributed by atoms with Crippen molar-refractivity contribution in [2.45, 2.75) is 18.6 Å². The second-order valence-electron chi connectivity index (χ2n) is 6.08. The third-order valence-electron chi connectivity index (χ3n) is 3.87. The van der Waals surface area contributed by atoms with E-state index in [0.29, 0.717) is 46.6 Å². The van der Waals surface area contributed by atoms with Gasteiger partial charge >= 0.3 is 0 Å². The molecule has 9 nitrogen and oxygen atoms in total. The zero-order valence-electron chi connectivity index (χ0n) is 15.5. The van der Waals surface area contributed by atoms with Gasteiger partial charge in [-0.15, -0.1) is 0 Å². The minimum atomic E-state index is -3.33. The third kappa shape index (κ3) is 6.34. The molecule has 3 rings (SSSR count). The molecular formula is C18H19ClN6O3S. The summed E-state index contributed by atoms with van der Waals surface area (Å²) in [5.74, 6) is 1.41. The fraction of sp³-hybridized carbons (Fsp3) is 0.222. The number of nitrogens with one attached hydrogen (secondary N) is 1. The van der Waals surface area contributed by atoms with Gasteiger partial charge in [-0.2, -0.15) is 4.98 Å². The number of benzene rings is 1. The first-order valence-corrected chi connectivity index (χ1v) is 10.6. The topological polar surface area (TPSA) is 133 Å². The van der Waals surface area contributed by atoms with Gasteiger partial charge < -0.3 is 10.5 Å². The van der Waals surface area contributed by atoms with Gasteiger partial charge in [-0.3, -0.25) is 0 Å². The van der Waals surface area contributed by atoms with Crippen LogP contribution >= 0.6 is 11.6 Å². The maximum absolute atomic E-state index is 11.6. The molecule has 152 valence electrons. The van der Waals surface area contributed by atoms with E-state index in [0.717, 1.165) is 0 Å². The molecule has 0 spiro atoms. The van der Waals surface area contributed by atoms with Crippen LogP contribution in [0.2, 0.25) is 5.02 Å². The van der Waals surface area contributed by atoms with E-state index in [1.54, 1.807) is 30.3 Å². The Morgan fingerprint density at radius 3 is 2.45 bits per heavy atom. The lowest BCUT2D eigenvalue weighted by atomic mass is 10.2. The van der Waals surface area contributed by atoms with Crippen molar-refractivity contribution in [1.82, 2.24) is 24.7 Å². The summed E-state index contributed by atoms with van der Waals surface area (Å²) in [4.78, 5) is 16.6. The van der Waals surface area contributed by atoms with E-state index in [1.807, 2.05) is 0 Å². The number of nitrogens with zero attached hydrogens (tertiary/aromatic N) is 4. The number of sulfonamides is 1.